The molecule has 3 rings (SSSR count). The molecule has 0 unspecified atom stereocenters. The van der Waals surface area contributed by atoms with Gasteiger partial charge in [-0.25, -0.2) is 0 Å². The maximum absolute atomic E-state index is 12.8. The highest BCUT2D eigenvalue weighted by Gasteiger charge is 2.37. The van der Waals surface area contributed by atoms with Crippen molar-refractivity contribution < 1.29 is 19.1 Å². The van der Waals surface area contributed by atoms with Gasteiger partial charge in [-0.05, 0) is 17.7 Å². The van der Waals surface area contributed by atoms with Crippen LogP contribution in [0.15, 0.2) is 24.3 Å². The summed E-state index contributed by atoms with van der Waals surface area (Å²) in [5.41, 5.74) is 1.02. The van der Waals surface area contributed by atoms with Crippen LogP contribution in [0.4, 0.5) is 0 Å². The van der Waals surface area contributed by atoms with E-state index >= 15 is 0 Å². The van der Waals surface area contributed by atoms with Crippen molar-refractivity contribution in [1.29, 1.82) is 0 Å². The number of methoxy groups -OCH3 is 2. The Hall–Kier alpha value is -2.12. The van der Waals surface area contributed by atoms with Crippen molar-refractivity contribution in [3.63, 3.8) is 0 Å². The van der Waals surface area contributed by atoms with Crippen molar-refractivity contribution >= 4 is 11.8 Å². The molecule has 1 aromatic carbocycles. The van der Waals surface area contributed by atoms with Gasteiger partial charge in [0, 0.05) is 59.3 Å². The summed E-state index contributed by atoms with van der Waals surface area (Å²) in [7, 11) is 3.33. The van der Waals surface area contributed by atoms with Crippen molar-refractivity contribution in [2.45, 2.75) is 13.0 Å². The quantitative estimate of drug-likeness (QED) is 0.707. The van der Waals surface area contributed by atoms with E-state index in [2.05, 4.69) is 4.90 Å². The minimum Gasteiger partial charge on any atom is -0.497 e. The monoisotopic (exact) mass is 375 g/mol. The van der Waals surface area contributed by atoms with Crippen LogP contribution in [0.1, 0.15) is 12.0 Å². The lowest BCUT2D eigenvalue weighted by atomic mass is 10.1. The molecule has 2 amide bonds. The van der Waals surface area contributed by atoms with E-state index in [1.165, 1.54) is 0 Å². The summed E-state index contributed by atoms with van der Waals surface area (Å²) in [5.74, 6) is 0.713. The number of benzene rings is 1. The molecule has 27 heavy (non-hydrogen) atoms. The maximum atomic E-state index is 12.8. The Balaban J connectivity index is 1.51. The second-order valence-corrected chi connectivity index (χ2v) is 7.19. The molecule has 2 saturated heterocycles. The standard InChI is InChI=1S/C20H29N3O4/c1-26-11-10-21-6-8-22(9-7-21)20(25)17-13-19(24)23(15-17)14-16-4-3-5-18(12-16)27-2/h3-5,12,17H,6-11,13-15H2,1-2H3/t17-/m0/s1. The van der Waals surface area contributed by atoms with E-state index in [1.54, 1.807) is 19.1 Å². The van der Waals surface area contributed by atoms with Gasteiger partial charge in [-0.1, -0.05) is 12.1 Å². The highest BCUT2D eigenvalue weighted by atomic mass is 16.5. The lowest BCUT2D eigenvalue weighted by molar-refractivity contribution is -0.137. The lowest BCUT2D eigenvalue weighted by Crippen LogP contribution is -2.51. The third-order valence-electron chi connectivity index (χ3n) is 5.37. The molecule has 0 radical (unpaired) electrons. The van der Waals surface area contributed by atoms with Crippen LogP contribution in [-0.4, -0.2) is 86.6 Å². The number of amides is 2. The van der Waals surface area contributed by atoms with E-state index in [9.17, 15) is 9.59 Å². The first-order valence-corrected chi connectivity index (χ1v) is 9.51. The molecule has 2 aliphatic heterocycles. The van der Waals surface area contributed by atoms with Gasteiger partial charge < -0.3 is 19.3 Å². The van der Waals surface area contributed by atoms with Crippen molar-refractivity contribution in [1.82, 2.24) is 14.7 Å². The number of nitrogens with zero attached hydrogens (tertiary/aromatic N) is 3. The van der Waals surface area contributed by atoms with Gasteiger partial charge in [0.05, 0.1) is 19.6 Å². The molecule has 7 heteroatoms. The highest BCUT2D eigenvalue weighted by molar-refractivity contribution is 5.89. The van der Waals surface area contributed by atoms with Crippen LogP contribution >= 0.6 is 0 Å². The zero-order chi connectivity index (χ0) is 19.2. The van der Waals surface area contributed by atoms with Crippen LogP contribution in [0, 0.1) is 5.92 Å². The Kier molecular flexibility index (Phi) is 6.68. The van der Waals surface area contributed by atoms with E-state index in [1.807, 2.05) is 29.2 Å². The minimum absolute atomic E-state index is 0.0508. The fourth-order valence-corrected chi connectivity index (χ4v) is 3.75. The Morgan fingerprint density at radius 3 is 2.67 bits per heavy atom. The Bertz CT molecular complexity index is 658. The number of carbonyl (C=O) groups excluding carboxylic acids is 2. The van der Waals surface area contributed by atoms with Gasteiger partial charge in [-0.15, -0.1) is 0 Å². The molecule has 0 N–H and O–H groups in total. The Labute approximate surface area is 160 Å². The molecule has 7 nitrogen and oxygen atoms in total. The zero-order valence-corrected chi connectivity index (χ0v) is 16.2. The number of hydrogen-bond donors (Lipinski definition) is 0. The number of piperazine rings is 1. The first kappa shape index (κ1) is 19.6. The van der Waals surface area contributed by atoms with Crippen LogP contribution in [0.5, 0.6) is 5.75 Å². The summed E-state index contributed by atoms with van der Waals surface area (Å²) < 4.78 is 10.4. The molecule has 1 aromatic rings. The van der Waals surface area contributed by atoms with Gasteiger partial charge in [-0.3, -0.25) is 14.5 Å². The summed E-state index contributed by atoms with van der Waals surface area (Å²) in [5, 5.41) is 0. The fraction of sp³-hybridized carbons (Fsp3) is 0.600. The first-order chi connectivity index (χ1) is 13.1. The molecule has 1 atom stereocenters. The van der Waals surface area contributed by atoms with Crippen LogP contribution in [0.2, 0.25) is 0 Å². The summed E-state index contributed by atoms with van der Waals surface area (Å²) >= 11 is 0. The fourth-order valence-electron chi connectivity index (χ4n) is 3.75. The van der Waals surface area contributed by atoms with Gasteiger partial charge in [0.1, 0.15) is 5.75 Å². The van der Waals surface area contributed by atoms with Gasteiger partial charge in [0.2, 0.25) is 11.8 Å². The van der Waals surface area contributed by atoms with Crippen LogP contribution < -0.4 is 4.74 Å². The molecule has 0 aliphatic carbocycles. The number of carbonyl (C=O) groups is 2. The number of rotatable bonds is 7. The summed E-state index contributed by atoms with van der Waals surface area (Å²) in [6.07, 6.45) is 0.312. The summed E-state index contributed by atoms with van der Waals surface area (Å²) in [4.78, 5) is 31.3. The Morgan fingerprint density at radius 2 is 1.96 bits per heavy atom. The maximum Gasteiger partial charge on any atom is 0.228 e. The molecule has 2 aliphatic rings. The van der Waals surface area contributed by atoms with Crippen molar-refractivity contribution in [3.05, 3.63) is 29.8 Å². The largest absolute Gasteiger partial charge is 0.497 e. The number of ether oxygens (including phenoxy) is 2. The van der Waals surface area contributed by atoms with Crippen LogP contribution in [0.3, 0.4) is 0 Å². The SMILES string of the molecule is COCCN1CCN(C(=O)[C@H]2CC(=O)N(Cc3cccc(OC)c3)C2)CC1. The van der Waals surface area contributed by atoms with Gasteiger partial charge in [0.25, 0.3) is 0 Å². The molecule has 0 bridgehead atoms. The average molecular weight is 375 g/mol. The summed E-state index contributed by atoms with van der Waals surface area (Å²) in [6, 6.07) is 7.71. The molecule has 2 heterocycles. The molecule has 0 aromatic heterocycles. The number of hydrogen-bond acceptors (Lipinski definition) is 5. The minimum atomic E-state index is -0.228. The van der Waals surface area contributed by atoms with Crippen LogP contribution in [-0.2, 0) is 20.9 Å². The predicted octanol–water partition coefficient (Wildman–Crippen LogP) is 0.834. The third kappa shape index (κ3) is 4.99. The molecule has 148 valence electrons. The van der Waals surface area contributed by atoms with Crippen molar-refractivity contribution in [2.75, 3.05) is 60.1 Å². The van der Waals surface area contributed by atoms with Crippen molar-refractivity contribution in [2.24, 2.45) is 5.92 Å². The molecule has 2 fully saturated rings. The molecular formula is C20H29N3O4. The van der Waals surface area contributed by atoms with Crippen molar-refractivity contribution in [3.8, 4) is 5.75 Å². The average Bonchev–Trinajstić information content (AvgIpc) is 3.06. The number of likely N-dealkylation sites (tertiary alicyclic amines) is 1. The highest BCUT2D eigenvalue weighted by Crippen LogP contribution is 2.24. The third-order valence-corrected chi connectivity index (χ3v) is 5.37. The van der Waals surface area contributed by atoms with Crippen LogP contribution in [0.25, 0.3) is 0 Å². The van der Waals surface area contributed by atoms with Gasteiger partial charge in [-0.2, -0.15) is 0 Å². The van der Waals surface area contributed by atoms with E-state index in [4.69, 9.17) is 9.47 Å². The first-order valence-electron chi connectivity index (χ1n) is 9.51. The van der Waals surface area contributed by atoms with E-state index in [-0.39, 0.29) is 17.7 Å². The smallest absolute Gasteiger partial charge is 0.228 e. The Morgan fingerprint density at radius 1 is 1.19 bits per heavy atom. The topological polar surface area (TPSA) is 62.3 Å². The van der Waals surface area contributed by atoms with E-state index in [0.717, 1.165) is 44.0 Å². The van der Waals surface area contributed by atoms with Gasteiger partial charge >= 0.3 is 0 Å². The predicted molar refractivity (Wildman–Crippen MR) is 101 cm³/mol. The van der Waals surface area contributed by atoms with E-state index in [0.29, 0.717) is 26.1 Å². The second kappa shape index (κ2) is 9.19. The normalized spacial score (nSPS) is 21.0. The molecule has 0 spiro atoms. The van der Waals surface area contributed by atoms with E-state index < -0.39 is 0 Å². The lowest BCUT2D eigenvalue weighted by Gasteiger charge is -2.35. The van der Waals surface area contributed by atoms with Gasteiger partial charge in [0.15, 0.2) is 0 Å². The molecule has 0 saturated carbocycles. The second-order valence-electron chi connectivity index (χ2n) is 7.19. The molecular weight excluding hydrogens is 346 g/mol. The zero-order valence-electron chi connectivity index (χ0n) is 16.2. The summed E-state index contributed by atoms with van der Waals surface area (Å²) in [6.45, 7) is 5.81.